The summed E-state index contributed by atoms with van der Waals surface area (Å²) in [5, 5.41) is 8.52. The van der Waals surface area contributed by atoms with Crippen LogP contribution in [0.1, 0.15) is 29.8 Å². The van der Waals surface area contributed by atoms with Gasteiger partial charge in [0.2, 0.25) is 0 Å². The Kier molecular flexibility index (Phi) is 4.43. The van der Waals surface area contributed by atoms with Gasteiger partial charge in [-0.2, -0.15) is 9.61 Å². The molecule has 0 saturated heterocycles. The van der Waals surface area contributed by atoms with Crippen molar-refractivity contribution in [3.8, 4) is 16.9 Å². The predicted octanol–water partition coefficient (Wildman–Crippen LogP) is 5.34. The van der Waals surface area contributed by atoms with Crippen molar-refractivity contribution in [3.63, 3.8) is 0 Å². The third kappa shape index (κ3) is 3.12. The second kappa shape index (κ2) is 7.24. The van der Waals surface area contributed by atoms with Gasteiger partial charge in [0.1, 0.15) is 11.6 Å². The highest BCUT2D eigenvalue weighted by Crippen LogP contribution is 2.35. The van der Waals surface area contributed by atoms with Crippen molar-refractivity contribution in [2.75, 3.05) is 12.4 Å². The maximum atomic E-state index is 5.29. The first kappa shape index (κ1) is 17.7. The maximum absolute atomic E-state index is 5.29. The standard InChI is InChI=1S/C24H24N4O/c1-16-22(17-8-4-3-5-9-17)24-26-21-11-7-6-10-20(21)23(28(24)27-16)25-18-12-14-19(29-2)15-13-18/h3-5,8-9,12-15,25H,6-7,10-11H2,1-2H3. The summed E-state index contributed by atoms with van der Waals surface area (Å²) < 4.78 is 7.29. The number of ether oxygens (including phenoxy) is 1. The minimum absolute atomic E-state index is 0.846. The van der Waals surface area contributed by atoms with E-state index >= 15 is 0 Å². The van der Waals surface area contributed by atoms with Crippen LogP contribution in [0.3, 0.4) is 0 Å². The molecule has 146 valence electrons. The Balaban J connectivity index is 1.71. The normalized spacial score (nSPS) is 13.3. The zero-order valence-corrected chi connectivity index (χ0v) is 16.8. The van der Waals surface area contributed by atoms with Crippen LogP contribution in [0.4, 0.5) is 11.5 Å². The van der Waals surface area contributed by atoms with E-state index in [0.29, 0.717) is 0 Å². The number of methoxy groups -OCH3 is 1. The smallest absolute Gasteiger partial charge is 0.165 e. The van der Waals surface area contributed by atoms with Crippen molar-refractivity contribution >= 4 is 17.2 Å². The van der Waals surface area contributed by atoms with Gasteiger partial charge in [-0.3, -0.25) is 0 Å². The molecule has 0 unspecified atom stereocenters. The van der Waals surface area contributed by atoms with Gasteiger partial charge in [-0.1, -0.05) is 30.3 Å². The number of aryl methyl sites for hydroxylation is 2. The lowest BCUT2D eigenvalue weighted by atomic mass is 9.96. The molecule has 2 aromatic heterocycles. The van der Waals surface area contributed by atoms with Gasteiger partial charge >= 0.3 is 0 Å². The van der Waals surface area contributed by atoms with Crippen LogP contribution >= 0.6 is 0 Å². The molecule has 2 heterocycles. The summed E-state index contributed by atoms with van der Waals surface area (Å²) in [4.78, 5) is 5.08. The Morgan fingerprint density at radius 1 is 0.966 bits per heavy atom. The molecule has 1 aliphatic carbocycles. The Morgan fingerprint density at radius 2 is 1.72 bits per heavy atom. The summed E-state index contributed by atoms with van der Waals surface area (Å²) in [5.41, 5.74) is 7.66. The highest BCUT2D eigenvalue weighted by atomic mass is 16.5. The van der Waals surface area contributed by atoms with Gasteiger partial charge in [0.25, 0.3) is 0 Å². The quantitative estimate of drug-likeness (QED) is 0.516. The van der Waals surface area contributed by atoms with E-state index in [1.165, 1.54) is 24.1 Å². The molecule has 5 rings (SSSR count). The van der Waals surface area contributed by atoms with Crippen molar-refractivity contribution < 1.29 is 4.74 Å². The van der Waals surface area contributed by atoms with E-state index in [2.05, 4.69) is 36.5 Å². The summed E-state index contributed by atoms with van der Waals surface area (Å²) in [6.07, 6.45) is 4.41. The predicted molar refractivity (Wildman–Crippen MR) is 116 cm³/mol. The van der Waals surface area contributed by atoms with Crippen LogP contribution in [-0.2, 0) is 12.8 Å². The first-order valence-electron chi connectivity index (χ1n) is 10.1. The van der Waals surface area contributed by atoms with Crippen LogP contribution < -0.4 is 10.1 Å². The number of nitrogens with one attached hydrogen (secondary N) is 1. The summed E-state index contributed by atoms with van der Waals surface area (Å²) in [5.74, 6) is 1.87. The molecule has 1 aliphatic rings. The summed E-state index contributed by atoms with van der Waals surface area (Å²) in [6, 6.07) is 18.4. The van der Waals surface area contributed by atoms with E-state index in [1.807, 2.05) is 34.8 Å². The van der Waals surface area contributed by atoms with Gasteiger partial charge in [0, 0.05) is 22.5 Å². The van der Waals surface area contributed by atoms with E-state index in [9.17, 15) is 0 Å². The second-order valence-electron chi connectivity index (χ2n) is 7.51. The molecule has 0 aliphatic heterocycles. The van der Waals surface area contributed by atoms with Crippen molar-refractivity contribution in [3.05, 3.63) is 71.5 Å². The average Bonchev–Trinajstić information content (AvgIpc) is 3.10. The Bertz CT molecular complexity index is 1160. The van der Waals surface area contributed by atoms with Gasteiger partial charge in [0.15, 0.2) is 5.65 Å². The van der Waals surface area contributed by atoms with Gasteiger partial charge in [-0.15, -0.1) is 0 Å². The number of fused-ring (bicyclic) bond motifs is 2. The molecule has 0 fully saturated rings. The van der Waals surface area contributed by atoms with E-state index in [0.717, 1.165) is 52.6 Å². The van der Waals surface area contributed by atoms with Crippen LogP contribution in [0.2, 0.25) is 0 Å². The zero-order chi connectivity index (χ0) is 19.8. The number of hydrogen-bond donors (Lipinski definition) is 1. The van der Waals surface area contributed by atoms with Crippen LogP contribution in [0.15, 0.2) is 54.6 Å². The van der Waals surface area contributed by atoms with Gasteiger partial charge in [-0.25, -0.2) is 4.98 Å². The fourth-order valence-electron chi connectivity index (χ4n) is 4.18. The lowest BCUT2D eigenvalue weighted by Gasteiger charge is -2.21. The molecule has 4 aromatic rings. The number of anilines is 2. The molecule has 0 bridgehead atoms. The van der Waals surface area contributed by atoms with Crippen molar-refractivity contribution in [2.45, 2.75) is 32.6 Å². The summed E-state index contributed by atoms with van der Waals surface area (Å²) in [7, 11) is 1.68. The third-order valence-electron chi connectivity index (χ3n) is 5.63. The Labute approximate surface area is 170 Å². The van der Waals surface area contributed by atoms with E-state index in [-0.39, 0.29) is 0 Å². The van der Waals surface area contributed by atoms with Crippen molar-refractivity contribution in [1.29, 1.82) is 0 Å². The van der Waals surface area contributed by atoms with Gasteiger partial charge in [0.05, 0.1) is 12.8 Å². The van der Waals surface area contributed by atoms with E-state index in [1.54, 1.807) is 7.11 Å². The Hall–Kier alpha value is -3.34. The maximum Gasteiger partial charge on any atom is 0.165 e. The molecule has 5 heteroatoms. The molecule has 0 saturated carbocycles. The third-order valence-corrected chi connectivity index (χ3v) is 5.63. The van der Waals surface area contributed by atoms with Crippen LogP contribution in [-0.4, -0.2) is 21.7 Å². The minimum atomic E-state index is 0.846. The lowest BCUT2D eigenvalue weighted by molar-refractivity contribution is 0.415. The van der Waals surface area contributed by atoms with Crippen LogP contribution in [0.25, 0.3) is 16.8 Å². The number of hydrogen-bond acceptors (Lipinski definition) is 4. The fraction of sp³-hybridized carbons (Fsp3) is 0.250. The lowest BCUT2D eigenvalue weighted by Crippen LogP contribution is -2.13. The van der Waals surface area contributed by atoms with E-state index < -0.39 is 0 Å². The van der Waals surface area contributed by atoms with E-state index in [4.69, 9.17) is 14.8 Å². The van der Waals surface area contributed by atoms with Crippen molar-refractivity contribution in [1.82, 2.24) is 14.6 Å². The van der Waals surface area contributed by atoms with Crippen LogP contribution in [0.5, 0.6) is 5.75 Å². The molecule has 0 radical (unpaired) electrons. The minimum Gasteiger partial charge on any atom is -0.497 e. The molecule has 1 N–H and O–H groups in total. The SMILES string of the molecule is COc1ccc(Nc2c3c(nc4c(-c5ccccc5)c(C)nn24)CCCC3)cc1. The monoisotopic (exact) mass is 384 g/mol. The van der Waals surface area contributed by atoms with Gasteiger partial charge < -0.3 is 10.1 Å². The molecular formula is C24H24N4O. The first-order valence-corrected chi connectivity index (χ1v) is 10.1. The number of rotatable bonds is 4. The largest absolute Gasteiger partial charge is 0.497 e. The first-order chi connectivity index (χ1) is 14.2. The summed E-state index contributed by atoms with van der Waals surface area (Å²) in [6.45, 7) is 2.06. The molecule has 0 spiro atoms. The molecule has 0 atom stereocenters. The highest BCUT2D eigenvalue weighted by molar-refractivity contribution is 5.82. The average molecular weight is 384 g/mol. The number of nitrogens with zero attached hydrogens (tertiary/aromatic N) is 3. The molecule has 2 aromatic carbocycles. The molecule has 29 heavy (non-hydrogen) atoms. The molecule has 5 nitrogen and oxygen atoms in total. The zero-order valence-electron chi connectivity index (χ0n) is 16.8. The highest BCUT2D eigenvalue weighted by Gasteiger charge is 2.23. The number of benzene rings is 2. The number of aromatic nitrogens is 3. The molecule has 0 amide bonds. The second-order valence-corrected chi connectivity index (χ2v) is 7.51. The van der Waals surface area contributed by atoms with Gasteiger partial charge in [-0.05, 0) is 62.4 Å². The summed E-state index contributed by atoms with van der Waals surface area (Å²) >= 11 is 0. The molecular weight excluding hydrogens is 360 g/mol. The Morgan fingerprint density at radius 3 is 2.48 bits per heavy atom. The van der Waals surface area contributed by atoms with Crippen LogP contribution in [0, 0.1) is 6.92 Å². The van der Waals surface area contributed by atoms with Crippen molar-refractivity contribution in [2.24, 2.45) is 0 Å². The topological polar surface area (TPSA) is 51.5 Å². The fourth-order valence-corrected chi connectivity index (χ4v) is 4.18.